The van der Waals surface area contributed by atoms with Crippen LogP contribution in [0, 0.1) is 54.3 Å². The summed E-state index contributed by atoms with van der Waals surface area (Å²) in [5.41, 5.74) is 3.15. The van der Waals surface area contributed by atoms with Crippen LogP contribution in [0.2, 0.25) is 0 Å². The zero-order chi connectivity index (χ0) is 78.4. The molecule has 0 radical (unpaired) electrons. The predicted molar refractivity (Wildman–Crippen MR) is 432 cm³/mol. The van der Waals surface area contributed by atoms with Gasteiger partial charge in [-0.1, -0.05) is 180 Å². The van der Waals surface area contributed by atoms with Gasteiger partial charge in [0, 0.05) is 0 Å². The summed E-state index contributed by atoms with van der Waals surface area (Å²) in [7, 11) is 0. The van der Waals surface area contributed by atoms with Crippen molar-refractivity contribution >= 4 is 0 Å². The van der Waals surface area contributed by atoms with E-state index in [2.05, 4.69) is 41.5 Å². The minimum atomic E-state index is -0.527. The third kappa shape index (κ3) is 36.2. The summed E-state index contributed by atoms with van der Waals surface area (Å²) in [6.07, 6.45) is 17.4. The zero-order valence-corrected chi connectivity index (χ0v) is 68.5. The van der Waals surface area contributed by atoms with Crippen molar-refractivity contribution in [2.24, 2.45) is 47.3 Å². The van der Waals surface area contributed by atoms with Crippen LogP contribution in [0.5, 0.6) is 46.0 Å². The third-order valence-corrected chi connectivity index (χ3v) is 19.9. The molecule has 0 spiro atoms. The first kappa shape index (κ1) is 92.8. The number of fused-ring (bicyclic) bond motifs is 10. The molecule has 6 fully saturated rings. The fraction of sp³-hybridized carbons (Fsp3) is 0.604. The molecule has 4 bridgehead atoms. The lowest BCUT2D eigenvalue weighted by Crippen LogP contribution is -2.21. The van der Waals surface area contributed by atoms with E-state index in [1.165, 1.54) is 52.9 Å². The number of aryl methyl sites for hydroxylation is 1. The topological polar surface area (TPSA) is 192 Å². The number of hydrogen-bond donors (Lipinski definition) is 4. The second-order valence-corrected chi connectivity index (χ2v) is 29.5. The van der Waals surface area contributed by atoms with Gasteiger partial charge in [0.15, 0.2) is 48.2 Å². The summed E-state index contributed by atoms with van der Waals surface area (Å²) >= 11 is 0. The Kier molecular flexibility index (Phi) is 45.5. The maximum absolute atomic E-state index is 10.2. The Morgan fingerprint density at radius 3 is 0.869 bits per heavy atom. The van der Waals surface area contributed by atoms with E-state index < -0.39 is 12.6 Å². The van der Waals surface area contributed by atoms with Crippen molar-refractivity contribution < 1.29 is 77.3 Å². The Balaban J connectivity index is 0.000000300. The summed E-state index contributed by atoms with van der Waals surface area (Å²) in [6, 6.07) is 45.7. The smallest absolute Gasteiger partial charge is 0.197 e. The molecule has 600 valence electrons. The summed E-state index contributed by atoms with van der Waals surface area (Å²) in [5.74, 6) is 12.8. The van der Waals surface area contributed by atoms with Crippen LogP contribution < -0.4 is 18.9 Å². The predicted octanol–water partition coefficient (Wildman–Crippen LogP) is 21.6. The lowest BCUT2D eigenvalue weighted by molar-refractivity contribution is -0.0949. The first-order valence-electron chi connectivity index (χ1n) is 40.3. The number of aromatic hydroxyl groups is 4. The van der Waals surface area contributed by atoms with E-state index in [-0.39, 0.29) is 34.9 Å². The maximum Gasteiger partial charge on any atom is 0.197 e. The minimum absolute atomic E-state index is 0.0523. The molecule has 6 aromatic rings. The molecule has 0 heterocycles. The van der Waals surface area contributed by atoms with Crippen LogP contribution >= 0.6 is 0 Å². The van der Waals surface area contributed by atoms with Gasteiger partial charge in [-0.25, -0.2) is 0 Å². The summed E-state index contributed by atoms with van der Waals surface area (Å²) < 4.78 is 67.0. The van der Waals surface area contributed by atoms with Crippen molar-refractivity contribution in [2.75, 3.05) is 79.3 Å². The van der Waals surface area contributed by atoms with E-state index in [0.717, 1.165) is 22.6 Å². The Labute approximate surface area is 645 Å². The molecule has 6 saturated carbocycles. The van der Waals surface area contributed by atoms with Crippen LogP contribution in [-0.4, -0.2) is 125 Å². The van der Waals surface area contributed by atoms with Gasteiger partial charge in [-0.3, -0.25) is 0 Å². The Morgan fingerprint density at radius 2 is 0.598 bits per heavy atom. The lowest BCUT2D eigenvalue weighted by Gasteiger charge is -2.23. The van der Waals surface area contributed by atoms with E-state index in [1.54, 1.807) is 164 Å². The molecule has 12 rings (SSSR count). The first-order chi connectivity index (χ1) is 51.6. The van der Waals surface area contributed by atoms with Gasteiger partial charge < -0.3 is 77.3 Å². The van der Waals surface area contributed by atoms with E-state index in [9.17, 15) is 10.2 Å². The largest absolute Gasteiger partial charge is 0.508 e. The summed E-state index contributed by atoms with van der Waals surface area (Å²) in [5, 5.41) is 37.7. The lowest BCUT2D eigenvalue weighted by atomic mass is 9.82. The standard InChI is InChI=1S/C30H46O8.C23H32O6.2C10H16.2C6H6O.3C2H6/c1-21(37-27-11-9-23(19-25(27)31)29(3,4)5)35-17-15-33-13-14-34-16-18-36-22(2)38-28-12-10-24(20-26(28)32)30(6,7)8;1-19-9-11-23(12-10-19)29-21(3)27-18-16-25-14-13-24-15-17-26-20(2)28-22-7-5-4-6-8-22;2*1-2-9-7-4-5-8(6-7)10(9)3-1;2*7-6-4-2-1-3-5-6;3*1-2/h9-12,19-22,31-32H,13-18H2,1-8H3;4-12,20-21H,13-18H2,1-3H3;2*7-10H,1-6H2;2*1-5,7H;3*1-2H3. The number of para-hydroxylation sites is 3. The van der Waals surface area contributed by atoms with E-state index in [0.29, 0.717) is 102 Å². The van der Waals surface area contributed by atoms with Gasteiger partial charge >= 0.3 is 0 Å². The Hall–Kier alpha value is -6.60. The number of phenols is 4. The van der Waals surface area contributed by atoms with E-state index in [4.69, 9.17) is 67.1 Å². The molecule has 0 saturated heterocycles. The molecule has 6 aliphatic rings. The molecule has 0 amide bonds. The average molecular weight is 1490 g/mol. The first-order valence-corrected chi connectivity index (χ1v) is 40.3. The van der Waals surface area contributed by atoms with Gasteiger partial charge in [0.2, 0.25) is 0 Å². The second kappa shape index (κ2) is 52.5. The number of ether oxygens (including phenoxy) is 12. The highest BCUT2D eigenvalue weighted by molar-refractivity contribution is 5.45. The van der Waals surface area contributed by atoms with Gasteiger partial charge in [-0.2, -0.15) is 0 Å². The van der Waals surface area contributed by atoms with Gasteiger partial charge in [0.25, 0.3) is 0 Å². The number of rotatable bonds is 30. The third-order valence-electron chi connectivity index (χ3n) is 19.9. The van der Waals surface area contributed by atoms with Crippen molar-refractivity contribution in [3.63, 3.8) is 0 Å². The van der Waals surface area contributed by atoms with Crippen molar-refractivity contribution in [3.8, 4) is 46.0 Å². The van der Waals surface area contributed by atoms with Crippen LogP contribution in [0.3, 0.4) is 0 Å². The molecule has 0 aliphatic heterocycles. The second-order valence-electron chi connectivity index (χ2n) is 29.5. The monoisotopic (exact) mass is 1490 g/mol. The minimum Gasteiger partial charge on any atom is -0.508 e. The molecule has 16 heteroatoms. The number of benzene rings is 6. The zero-order valence-electron chi connectivity index (χ0n) is 68.5. The van der Waals surface area contributed by atoms with Crippen molar-refractivity contribution in [1.29, 1.82) is 0 Å². The molecule has 6 aliphatic carbocycles. The fourth-order valence-electron chi connectivity index (χ4n) is 14.8. The van der Waals surface area contributed by atoms with Gasteiger partial charge in [-0.15, -0.1) is 0 Å². The fourth-order valence-corrected chi connectivity index (χ4v) is 14.8. The summed E-state index contributed by atoms with van der Waals surface area (Å²) in [4.78, 5) is 0. The highest BCUT2D eigenvalue weighted by atomic mass is 16.7. The molecule has 0 aromatic heterocycles. The van der Waals surface area contributed by atoms with E-state index in [1.807, 2.05) is 141 Å². The van der Waals surface area contributed by atoms with Crippen LogP contribution in [0.4, 0.5) is 0 Å². The number of hydrogen-bond acceptors (Lipinski definition) is 16. The molecular weight excluding hydrogens is 1350 g/mol. The van der Waals surface area contributed by atoms with Crippen molar-refractivity contribution in [3.05, 3.63) is 168 Å². The molecule has 107 heavy (non-hydrogen) atoms. The molecule has 12 atom stereocenters. The highest BCUT2D eigenvalue weighted by Gasteiger charge is 2.50. The quantitative estimate of drug-likeness (QED) is 0.0246. The Bertz CT molecular complexity index is 2970. The van der Waals surface area contributed by atoms with Crippen LogP contribution in [-0.2, 0) is 48.7 Å². The van der Waals surface area contributed by atoms with Crippen LogP contribution in [0.15, 0.2) is 152 Å². The molecule has 6 aromatic carbocycles. The van der Waals surface area contributed by atoms with Gasteiger partial charge in [0.05, 0.1) is 79.3 Å². The SMILES string of the molecule is C1CC2C3CCC(C3)C2C1.C1CC2C3CCC(C3)C2C1.CC.CC.CC.CC(OCCOCCOCCOC(C)Oc1ccc(C(C)(C)C)cc1O)Oc1ccc(C(C)(C)C)cc1O.Cc1ccc(OC(C)OCCOCCOCCOC(C)Oc2ccccc2)cc1.Oc1ccccc1.Oc1ccccc1. The summed E-state index contributed by atoms with van der Waals surface area (Å²) in [6.45, 7) is 39.1. The average Bonchev–Trinajstić information content (AvgIpc) is 1.63. The normalized spacial score (nSPS) is 20.5. The van der Waals surface area contributed by atoms with Gasteiger partial charge in [-0.05, 0) is 241 Å². The van der Waals surface area contributed by atoms with Crippen molar-refractivity contribution in [2.45, 2.75) is 231 Å². The molecule has 4 N–H and O–H groups in total. The number of phenolic OH excluding ortho intramolecular Hbond substituents is 4. The highest BCUT2D eigenvalue weighted by Crippen LogP contribution is 2.59. The molecule has 12 unspecified atom stereocenters. The van der Waals surface area contributed by atoms with Gasteiger partial charge in [0.1, 0.15) is 23.0 Å². The van der Waals surface area contributed by atoms with Crippen LogP contribution in [0.25, 0.3) is 0 Å². The van der Waals surface area contributed by atoms with Crippen LogP contribution in [0.1, 0.15) is 205 Å². The van der Waals surface area contributed by atoms with Crippen molar-refractivity contribution in [1.82, 2.24) is 0 Å². The maximum atomic E-state index is 10.2. The molecule has 16 nitrogen and oxygen atoms in total. The molecular formula is C91H140O16. The van der Waals surface area contributed by atoms with E-state index >= 15 is 0 Å². The Morgan fingerprint density at radius 1 is 0.327 bits per heavy atom.